The number of hydrogen-bond acceptors (Lipinski definition) is 6. The molecule has 8 heteroatoms. The van der Waals surface area contributed by atoms with Gasteiger partial charge in [0.05, 0.1) is 18.5 Å². The van der Waals surface area contributed by atoms with Crippen LogP contribution >= 0.6 is 11.6 Å². The van der Waals surface area contributed by atoms with Crippen molar-refractivity contribution < 1.29 is 9.26 Å². The molecule has 4 aromatic rings. The molecule has 0 fully saturated rings. The minimum absolute atomic E-state index is 0.346. The fourth-order valence-electron chi connectivity index (χ4n) is 3.37. The maximum atomic E-state index is 6.39. The van der Waals surface area contributed by atoms with Crippen molar-refractivity contribution in [3.8, 4) is 40.1 Å². The molecule has 0 radical (unpaired) electrons. The van der Waals surface area contributed by atoms with Crippen molar-refractivity contribution in [1.29, 1.82) is 0 Å². The van der Waals surface area contributed by atoms with Gasteiger partial charge in [-0.25, -0.2) is 4.98 Å². The summed E-state index contributed by atoms with van der Waals surface area (Å²) >= 11 is 6.39. The van der Waals surface area contributed by atoms with Gasteiger partial charge in [0, 0.05) is 28.3 Å². The van der Waals surface area contributed by atoms with Crippen molar-refractivity contribution in [3.63, 3.8) is 0 Å². The van der Waals surface area contributed by atoms with Crippen LogP contribution in [0.1, 0.15) is 25.1 Å². The molecule has 1 aromatic carbocycles. The summed E-state index contributed by atoms with van der Waals surface area (Å²) in [5.41, 5.74) is 4.97. The number of halogens is 1. The number of nitrogens with zero attached hydrogens (tertiary/aromatic N) is 5. The van der Waals surface area contributed by atoms with Crippen LogP contribution in [0.15, 0.2) is 40.9 Å². The van der Waals surface area contributed by atoms with Crippen LogP contribution in [-0.4, -0.2) is 32.0 Å². The smallest absolute Gasteiger partial charge is 0.278 e. The molecule has 0 N–H and O–H groups in total. The van der Waals surface area contributed by atoms with Crippen molar-refractivity contribution in [2.45, 2.75) is 33.7 Å². The number of pyridine rings is 1. The predicted molar refractivity (Wildman–Crippen MR) is 116 cm³/mol. The molecule has 0 bridgehead atoms. The van der Waals surface area contributed by atoms with Gasteiger partial charge in [0.1, 0.15) is 0 Å². The second kappa shape index (κ2) is 8.28. The van der Waals surface area contributed by atoms with Gasteiger partial charge in [-0.1, -0.05) is 41.9 Å². The lowest BCUT2D eigenvalue weighted by atomic mass is 10.1. The molecule has 0 amide bonds. The second-order valence-corrected chi connectivity index (χ2v) is 7.18. The summed E-state index contributed by atoms with van der Waals surface area (Å²) in [4.78, 5) is 9.10. The lowest BCUT2D eigenvalue weighted by molar-refractivity contribution is 0.392. The number of rotatable bonds is 6. The molecule has 0 atom stereocenters. The Morgan fingerprint density at radius 3 is 2.60 bits per heavy atom. The molecule has 3 aromatic heterocycles. The number of ether oxygens (including phenoxy) is 1. The first-order valence-corrected chi connectivity index (χ1v) is 10.1. The zero-order valence-electron chi connectivity index (χ0n) is 17.3. The normalized spacial score (nSPS) is 11.1. The first-order chi connectivity index (χ1) is 14.5. The highest BCUT2D eigenvalue weighted by molar-refractivity contribution is 6.33. The molecule has 4 rings (SSSR count). The molecule has 0 aliphatic rings. The molecule has 0 saturated heterocycles. The van der Waals surface area contributed by atoms with Gasteiger partial charge in [-0.3, -0.25) is 4.68 Å². The van der Waals surface area contributed by atoms with Gasteiger partial charge in [-0.2, -0.15) is 10.1 Å². The summed E-state index contributed by atoms with van der Waals surface area (Å²) in [5, 5.41) is 9.46. The Hall–Kier alpha value is -3.19. The summed E-state index contributed by atoms with van der Waals surface area (Å²) < 4.78 is 12.8. The van der Waals surface area contributed by atoms with E-state index in [4.69, 9.17) is 20.9 Å². The van der Waals surface area contributed by atoms with Gasteiger partial charge in [-0.05, 0) is 38.5 Å². The molecule has 0 unspecified atom stereocenters. The largest absolute Gasteiger partial charge is 0.481 e. The van der Waals surface area contributed by atoms with Gasteiger partial charge < -0.3 is 9.26 Å². The van der Waals surface area contributed by atoms with Crippen molar-refractivity contribution in [2.24, 2.45) is 0 Å². The molecule has 0 spiro atoms. The van der Waals surface area contributed by atoms with Crippen LogP contribution in [0, 0.1) is 6.92 Å². The second-order valence-electron chi connectivity index (χ2n) is 6.78. The van der Waals surface area contributed by atoms with Gasteiger partial charge >= 0.3 is 0 Å². The third kappa shape index (κ3) is 3.57. The number of hydrogen-bond donors (Lipinski definition) is 0. The van der Waals surface area contributed by atoms with Crippen LogP contribution in [0.5, 0.6) is 5.88 Å². The first kappa shape index (κ1) is 20.1. The number of methoxy groups -OCH3 is 1. The Balaban J connectivity index is 1.75. The monoisotopic (exact) mass is 423 g/mol. The van der Waals surface area contributed by atoms with Crippen molar-refractivity contribution in [1.82, 2.24) is 24.9 Å². The molecule has 30 heavy (non-hydrogen) atoms. The van der Waals surface area contributed by atoms with Crippen LogP contribution in [0.4, 0.5) is 0 Å². The van der Waals surface area contributed by atoms with Crippen LogP contribution < -0.4 is 4.74 Å². The van der Waals surface area contributed by atoms with E-state index in [1.54, 1.807) is 7.11 Å². The summed E-state index contributed by atoms with van der Waals surface area (Å²) in [7, 11) is 1.62. The number of aryl methyl sites for hydroxylation is 3. The molecular formula is C22H22ClN5O2. The van der Waals surface area contributed by atoms with Gasteiger partial charge in [0.2, 0.25) is 11.7 Å². The lowest BCUT2D eigenvalue weighted by Crippen LogP contribution is -1.99. The maximum absolute atomic E-state index is 6.39. The first-order valence-electron chi connectivity index (χ1n) is 9.77. The molecule has 154 valence electrons. The molecule has 0 saturated carbocycles. The molecule has 7 nitrogen and oxygen atoms in total. The number of benzene rings is 1. The topological polar surface area (TPSA) is 78.9 Å². The Morgan fingerprint density at radius 1 is 1.10 bits per heavy atom. The fraction of sp³-hybridized carbons (Fsp3) is 0.273. The van der Waals surface area contributed by atoms with Crippen LogP contribution in [-0.2, 0) is 13.0 Å². The Morgan fingerprint density at radius 2 is 1.90 bits per heavy atom. The fourth-order valence-corrected chi connectivity index (χ4v) is 3.60. The van der Waals surface area contributed by atoms with Crippen LogP contribution in [0.25, 0.3) is 34.2 Å². The standard InChI is InChI=1S/C22H22ClN5O2/c1-5-14-11-16(13(3)24-21(14)29-4)20-25-22(30-27-20)18-12-19(28(6-2)26-18)15-9-7-8-10-17(15)23/h7-12H,5-6H2,1-4H3. The average molecular weight is 424 g/mol. The molecule has 3 heterocycles. The van der Waals surface area contributed by atoms with E-state index in [1.165, 1.54) is 0 Å². The average Bonchev–Trinajstić information content (AvgIpc) is 3.41. The number of aromatic nitrogens is 5. The van der Waals surface area contributed by atoms with E-state index in [1.807, 2.05) is 61.9 Å². The third-order valence-electron chi connectivity index (χ3n) is 4.94. The zero-order chi connectivity index (χ0) is 21.3. The Kier molecular flexibility index (Phi) is 5.55. The quantitative estimate of drug-likeness (QED) is 0.423. The van der Waals surface area contributed by atoms with E-state index in [0.29, 0.717) is 34.9 Å². The third-order valence-corrected chi connectivity index (χ3v) is 5.27. The Labute approximate surface area is 179 Å². The van der Waals surface area contributed by atoms with E-state index < -0.39 is 0 Å². The zero-order valence-corrected chi connectivity index (χ0v) is 18.1. The summed E-state index contributed by atoms with van der Waals surface area (Å²) in [5.74, 6) is 1.44. The predicted octanol–water partition coefficient (Wildman–Crippen LogP) is 5.21. The maximum Gasteiger partial charge on any atom is 0.278 e. The van der Waals surface area contributed by atoms with Gasteiger partial charge in [-0.15, -0.1) is 0 Å². The highest BCUT2D eigenvalue weighted by Gasteiger charge is 2.20. The van der Waals surface area contributed by atoms with E-state index in [-0.39, 0.29) is 0 Å². The van der Waals surface area contributed by atoms with Crippen molar-refractivity contribution in [2.75, 3.05) is 7.11 Å². The Bertz CT molecular complexity index is 1200. The van der Waals surface area contributed by atoms with Crippen LogP contribution in [0.2, 0.25) is 5.02 Å². The minimum Gasteiger partial charge on any atom is -0.481 e. The van der Waals surface area contributed by atoms with Crippen LogP contribution in [0.3, 0.4) is 0 Å². The molecule has 0 aliphatic heterocycles. The minimum atomic E-state index is 0.346. The SMILES string of the molecule is CCc1cc(-c2noc(-c3cc(-c4ccccc4Cl)n(CC)n3)n2)c(C)nc1OC. The summed E-state index contributed by atoms with van der Waals surface area (Å²) in [6.07, 6.45) is 0.788. The molecule has 0 aliphatic carbocycles. The molecular weight excluding hydrogens is 402 g/mol. The van der Waals surface area contributed by atoms with Gasteiger partial charge in [0.25, 0.3) is 5.89 Å². The van der Waals surface area contributed by atoms with E-state index in [9.17, 15) is 0 Å². The van der Waals surface area contributed by atoms with E-state index >= 15 is 0 Å². The van der Waals surface area contributed by atoms with E-state index in [0.717, 1.165) is 34.5 Å². The lowest BCUT2D eigenvalue weighted by Gasteiger charge is -2.09. The summed E-state index contributed by atoms with van der Waals surface area (Å²) in [6, 6.07) is 11.6. The van der Waals surface area contributed by atoms with Crippen molar-refractivity contribution >= 4 is 11.6 Å². The summed E-state index contributed by atoms with van der Waals surface area (Å²) in [6.45, 7) is 6.65. The highest BCUT2D eigenvalue weighted by Crippen LogP contribution is 2.32. The highest BCUT2D eigenvalue weighted by atomic mass is 35.5. The van der Waals surface area contributed by atoms with E-state index in [2.05, 4.69) is 20.2 Å². The van der Waals surface area contributed by atoms with Crippen molar-refractivity contribution in [3.05, 3.63) is 52.7 Å². The van der Waals surface area contributed by atoms with Gasteiger partial charge in [0.15, 0.2) is 5.69 Å².